The Morgan fingerprint density at radius 2 is 0.836 bits per heavy atom. The lowest BCUT2D eigenvalue weighted by Crippen LogP contribution is -2.46. The van der Waals surface area contributed by atoms with Gasteiger partial charge in [0.2, 0.25) is 5.91 Å². The molecule has 0 aromatic rings. The zero-order chi connectivity index (χ0) is 44.5. The van der Waals surface area contributed by atoms with Crippen LogP contribution in [0.1, 0.15) is 265 Å². The van der Waals surface area contributed by atoms with Crippen LogP contribution in [0.15, 0.2) is 48.6 Å². The van der Waals surface area contributed by atoms with Crippen LogP contribution in [0.25, 0.3) is 0 Å². The van der Waals surface area contributed by atoms with Gasteiger partial charge in [0.25, 0.3) is 0 Å². The van der Waals surface area contributed by atoms with Crippen molar-refractivity contribution >= 4 is 11.9 Å². The smallest absolute Gasteiger partial charge is 0.306 e. The molecule has 0 aliphatic rings. The van der Waals surface area contributed by atoms with Gasteiger partial charge in [-0.05, 0) is 89.9 Å². The van der Waals surface area contributed by atoms with Gasteiger partial charge >= 0.3 is 5.97 Å². The highest BCUT2D eigenvalue weighted by Gasteiger charge is 2.24. The topological polar surface area (TPSA) is 95.9 Å². The van der Waals surface area contributed by atoms with Crippen molar-refractivity contribution in [2.45, 2.75) is 283 Å². The number of nitrogens with one attached hydrogen (secondary N) is 1. The first-order chi connectivity index (χ1) is 30.0. The second-order valence-electron chi connectivity index (χ2n) is 17.9. The molecular formula is C55H101NO5. The number of aliphatic hydroxyl groups is 2. The lowest BCUT2D eigenvalue weighted by molar-refractivity contribution is -0.151. The van der Waals surface area contributed by atoms with Crippen molar-refractivity contribution in [3.05, 3.63) is 48.6 Å². The Hall–Kier alpha value is -2.18. The maximum absolute atomic E-state index is 13.2. The first-order valence-corrected chi connectivity index (χ1v) is 26.4. The van der Waals surface area contributed by atoms with Crippen molar-refractivity contribution in [1.82, 2.24) is 5.32 Å². The first-order valence-electron chi connectivity index (χ1n) is 26.4. The largest absolute Gasteiger partial charge is 0.462 e. The average molecular weight is 856 g/mol. The molecule has 0 heterocycles. The predicted octanol–water partition coefficient (Wildman–Crippen LogP) is 15.8. The van der Waals surface area contributed by atoms with Gasteiger partial charge in [-0.15, -0.1) is 0 Å². The summed E-state index contributed by atoms with van der Waals surface area (Å²) in [5.41, 5.74) is 0. The minimum atomic E-state index is -0.794. The molecule has 0 aromatic carbocycles. The van der Waals surface area contributed by atoms with Crippen LogP contribution in [0.4, 0.5) is 0 Å². The molecule has 0 fully saturated rings. The number of amides is 1. The maximum Gasteiger partial charge on any atom is 0.306 e. The van der Waals surface area contributed by atoms with Gasteiger partial charge in [0, 0.05) is 6.42 Å². The molecule has 0 rings (SSSR count). The predicted molar refractivity (Wildman–Crippen MR) is 264 cm³/mol. The fourth-order valence-electron chi connectivity index (χ4n) is 7.84. The van der Waals surface area contributed by atoms with Gasteiger partial charge in [-0.1, -0.05) is 211 Å². The van der Waals surface area contributed by atoms with Crippen LogP contribution in [0.2, 0.25) is 0 Å². The van der Waals surface area contributed by atoms with E-state index in [0.29, 0.717) is 19.3 Å². The number of ether oxygens (including phenoxy) is 1. The van der Waals surface area contributed by atoms with Gasteiger partial charge < -0.3 is 20.3 Å². The summed E-state index contributed by atoms with van der Waals surface area (Å²) < 4.78 is 5.92. The molecule has 0 radical (unpaired) electrons. The number of hydrogen-bond donors (Lipinski definition) is 3. The van der Waals surface area contributed by atoms with E-state index in [1.807, 2.05) is 0 Å². The van der Waals surface area contributed by atoms with E-state index in [2.05, 4.69) is 74.7 Å². The molecule has 356 valence electrons. The highest BCUT2D eigenvalue weighted by Crippen LogP contribution is 2.17. The molecule has 3 unspecified atom stereocenters. The van der Waals surface area contributed by atoms with Crippen LogP contribution >= 0.6 is 0 Å². The van der Waals surface area contributed by atoms with Crippen molar-refractivity contribution in [2.24, 2.45) is 0 Å². The number of unbranched alkanes of at least 4 members (excludes halogenated alkanes) is 27. The van der Waals surface area contributed by atoms with Gasteiger partial charge in [-0.2, -0.15) is 0 Å². The van der Waals surface area contributed by atoms with E-state index in [-0.39, 0.29) is 24.9 Å². The summed E-state index contributed by atoms with van der Waals surface area (Å²) in [4.78, 5) is 26.1. The number of carbonyl (C=O) groups is 2. The van der Waals surface area contributed by atoms with Gasteiger partial charge in [0.15, 0.2) is 0 Å². The van der Waals surface area contributed by atoms with Crippen LogP contribution in [-0.4, -0.2) is 46.9 Å². The van der Waals surface area contributed by atoms with E-state index in [0.717, 1.165) is 96.3 Å². The van der Waals surface area contributed by atoms with Gasteiger partial charge in [0.05, 0.1) is 25.2 Å². The first kappa shape index (κ1) is 58.8. The van der Waals surface area contributed by atoms with Gasteiger partial charge in [0.1, 0.15) is 6.10 Å². The summed E-state index contributed by atoms with van der Waals surface area (Å²) >= 11 is 0. The second kappa shape index (κ2) is 48.8. The molecule has 0 spiro atoms. The van der Waals surface area contributed by atoms with E-state index in [4.69, 9.17) is 4.74 Å². The SMILES string of the molecule is CCCCC/C=C\C/C=C\C/C=C\CCCCCCC(=O)OC(CCCCC/C=C/CCCCCCCCCCC)CC(=O)NC(CO)C(O)CCCCCCCCCCC. The summed E-state index contributed by atoms with van der Waals surface area (Å²) in [6, 6.07) is -0.709. The number of hydrogen-bond acceptors (Lipinski definition) is 5. The minimum absolute atomic E-state index is 0.0584. The summed E-state index contributed by atoms with van der Waals surface area (Å²) in [5, 5.41) is 23.7. The highest BCUT2D eigenvalue weighted by atomic mass is 16.5. The van der Waals surface area contributed by atoms with Gasteiger partial charge in [-0.3, -0.25) is 9.59 Å². The van der Waals surface area contributed by atoms with Crippen LogP contribution < -0.4 is 5.32 Å². The molecule has 0 aliphatic carbocycles. The van der Waals surface area contributed by atoms with Crippen LogP contribution in [-0.2, 0) is 14.3 Å². The van der Waals surface area contributed by atoms with Crippen LogP contribution in [0.3, 0.4) is 0 Å². The number of allylic oxidation sites excluding steroid dienone is 8. The molecule has 0 aromatic heterocycles. The van der Waals surface area contributed by atoms with Crippen molar-refractivity contribution in [2.75, 3.05) is 6.61 Å². The number of carbonyl (C=O) groups excluding carboxylic acids is 2. The molecule has 3 atom stereocenters. The normalized spacial score (nSPS) is 13.6. The number of esters is 1. The molecule has 6 nitrogen and oxygen atoms in total. The summed E-state index contributed by atoms with van der Waals surface area (Å²) in [7, 11) is 0. The fraction of sp³-hybridized carbons (Fsp3) is 0.818. The Morgan fingerprint density at radius 1 is 0.475 bits per heavy atom. The van der Waals surface area contributed by atoms with E-state index in [9.17, 15) is 19.8 Å². The fourth-order valence-corrected chi connectivity index (χ4v) is 7.84. The lowest BCUT2D eigenvalue weighted by Gasteiger charge is -2.24. The zero-order valence-corrected chi connectivity index (χ0v) is 40.5. The monoisotopic (exact) mass is 856 g/mol. The van der Waals surface area contributed by atoms with Crippen molar-refractivity contribution in [3.8, 4) is 0 Å². The zero-order valence-electron chi connectivity index (χ0n) is 40.5. The molecule has 0 saturated heterocycles. The van der Waals surface area contributed by atoms with Crippen LogP contribution in [0.5, 0.6) is 0 Å². The minimum Gasteiger partial charge on any atom is -0.462 e. The summed E-state index contributed by atoms with van der Waals surface area (Å²) in [5.74, 6) is -0.510. The third-order valence-electron chi connectivity index (χ3n) is 11.9. The van der Waals surface area contributed by atoms with Crippen LogP contribution in [0, 0.1) is 0 Å². The summed E-state index contributed by atoms with van der Waals surface area (Å²) in [6.45, 7) is 6.44. The van der Waals surface area contributed by atoms with Gasteiger partial charge in [-0.25, -0.2) is 0 Å². The molecule has 6 heteroatoms. The molecule has 0 saturated carbocycles. The molecule has 1 amide bonds. The van der Waals surface area contributed by atoms with E-state index in [1.54, 1.807) is 0 Å². The Labute approximate surface area is 378 Å². The van der Waals surface area contributed by atoms with Crippen molar-refractivity contribution in [1.29, 1.82) is 0 Å². The second-order valence-corrected chi connectivity index (χ2v) is 17.9. The summed E-state index contributed by atoms with van der Waals surface area (Å²) in [6.07, 6.45) is 58.9. The standard InChI is InChI=1S/C55H101NO5/c1-4-7-10-13-16-19-21-23-25-27-29-31-33-36-39-42-45-48-55(60)61-51(46-43-40-37-35-32-30-28-26-24-22-20-17-14-11-8-5-2)49-54(59)56-52(50-57)53(58)47-44-41-38-34-18-15-12-9-6-3/h16,19,23,25,29-32,51-53,57-58H,4-15,17-18,20-22,24,26-28,33-50H2,1-3H3,(H,56,59)/b19-16-,25-23-,31-29-,32-30+. The van der Waals surface area contributed by atoms with E-state index in [1.165, 1.54) is 122 Å². The Morgan fingerprint density at radius 3 is 1.33 bits per heavy atom. The third kappa shape index (κ3) is 44.2. The quantitative estimate of drug-likeness (QED) is 0.0322. The lowest BCUT2D eigenvalue weighted by atomic mass is 10.0. The Bertz CT molecular complexity index is 1050. The number of rotatable bonds is 47. The highest BCUT2D eigenvalue weighted by molar-refractivity contribution is 5.77. The molecule has 0 bridgehead atoms. The Kier molecular flexibility index (Phi) is 47.1. The number of aliphatic hydroxyl groups excluding tert-OH is 2. The van der Waals surface area contributed by atoms with E-state index < -0.39 is 18.2 Å². The van der Waals surface area contributed by atoms with Crippen molar-refractivity contribution in [3.63, 3.8) is 0 Å². The molecule has 61 heavy (non-hydrogen) atoms. The average Bonchev–Trinajstić information content (AvgIpc) is 3.25. The van der Waals surface area contributed by atoms with E-state index >= 15 is 0 Å². The third-order valence-corrected chi connectivity index (χ3v) is 11.9. The van der Waals surface area contributed by atoms with Crippen molar-refractivity contribution < 1.29 is 24.5 Å². The molecular weight excluding hydrogens is 755 g/mol. The maximum atomic E-state index is 13.2. The molecule has 0 aliphatic heterocycles. The Balaban J connectivity index is 4.62. The molecule has 3 N–H and O–H groups in total.